The molecule has 0 radical (unpaired) electrons. The molecule has 0 saturated carbocycles. The number of hydrogen-bond donors (Lipinski definition) is 0. The van der Waals surface area contributed by atoms with Crippen LogP contribution in [0.25, 0.3) is 17.2 Å². The van der Waals surface area contributed by atoms with Gasteiger partial charge in [0, 0.05) is 12.6 Å². The maximum atomic E-state index is 12.5. The monoisotopic (exact) mass is 534 g/mol. The minimum atomic E-state index is -3.83. The molecular formula is C24H24Cl2N4O4S. The Balaban J connectivity index is 1.78. The number of rotatable bonds is 7. The first-order valence-electron chi connectivity index (χ1n) is 10.9. The smallest absolute Gasteiger partial charge is 0.374 e. The summed E-state index contributed by atoms with van der Waals surface area (Å²) in [5.41, 5.74) is 3.15. The first-order valence-corrected chi connectivity index (χ1v) is 13.5. The number of nitrogens with zero attached hydrogens (tertiary/aromatic N) is 4. The molecule has 0 saturated heterocycles. The minimum Gasteiger partial charge on any atom is -0.860 e. The van der Waals surface area contributed by atoms with Crippen LogP contribution in [0.1, 0.15) is 19.7 Å². The van der Waals surface area contributed by atoms with Crippen molar-refractivity contribution in [3.05, 3.63) is 70.3 Å². The number of oxazole rings is 1. The average molecular weight is 535 g/mol. The number of para-hydroxylation sites is 2. The zero-order valence-corrected chi connectivity index (χ0v) is 21.7. The number of fused-ring (bicyclic) bond motifs is 2. The zero-order valence-electron chi connectivity index (χ0n) is 19.4. The highest BCUT2D eigenvalue weighted by Crippen LogP contribution is 2.45. The Labute approximate surface area is 214 Å². The van der Waals surface area contributed by atoms with E-state index in [2.05, 4.69) is 8.96 Å². The van der Waals surface area contributed by atoms with Crippen LogP contribution < -0.4 is 19.5 Å². The first kappa shape index (κ1) is 25.1. The Morgan fingerprint density at radius 1 is 1.14 bits per heavy atom. The molecule has 35 heavy (non-hydrogen) atoms. The van der Waals surface area contributed by atoms with Crippen molar-refractivity contribution >= 4 is 67.7 Å². The standard InChI is InChI=1S/C24H24Cl2N4O4S/c1-4-28-19-13-16(25)17(26)14-20(19)30(15-22(31)27-35(3,32)33)23(28)11-8-12-24-29(5-2)18-9-6-7-10-21(18)34-24/h6-14H,4-5,15H2,1-3H3. The summed E-state index contributed by atoms with van der Waals surface area (Å²) >= 11 is 12.5. The Hall–Kier alpha value is -3.01. The molecule has 0 atom stereocenters. The molecule has 1 aliphatic rings. The van der Waals surface area contributed by atoms with Gasteiger partial charge in [0.15, 0.2) is 0 Å². The molecule has 0 spiro atoms. The van der Waals surface area contributed by atoms with Crippen molar-refractivity contribution in [2.45, 2.75) is 20.4 Å². The van der Waals surface area contributed by atoms with Gasteiger partial charge in [-0.3, -0.25) is 0 Å². The van der Waals surface area contributed by atoms with Crippen LogP contribution >= 0.6 is 23.2 Å². The van der Waals surface area contributed by atoms with E-state index in [-0.39, 0.29) is 6.54 Å². The number of benzene rings is 2. The predicted octanol–water partition coefficient (Wildman–Crippen LogP) is 3.97. The largest absolute Gasteiger partial charge is 0.860 e. The van der Waals surface area contributed by atoms with E-state index < -0.39 is 15.9 Å². The van der Waals surface area contributed by atoms with E-state index >= 15 is 0 Å². The number of aryl methyl sites for hydroxylation is 1. The molecule has 8 nitrogen and oxygen atoms in total. The topological polar surface area (TPSA) is 93.1 Å². The lowest BCUT2D eigenvalue weighted by Gasteiger charge is -2.26. The SMILES string of the molecule is CCN1C(=CC=Cc2oc3ccccc3[n+]2CC)N(C/C([O-])=N/S(C)(=O)=O)c2cc(Cl)c(Cl)cc21. The summed E-state index contributed by atoms with van der Waals surface area (Å²) in [4.78, 5) is 3.64. The van der Waals surface area contributed by atoms with E-state index in [1.165, 1.54) is 0 Å². The van der Waals surface area contributed by atoms with Crippen molar-refractivity contribution in [1.82, 2.24) is 0 Å². The number of allylic oxidation sites excluding steroid dienone is 2. The Kier molecular flexibility index (Phi) is 7.12. The second-order valence-corrected chi connectivity index (χ2v) is 10.3. The summed E-state index contributed by atoms with van der Waals surface area (Å²) in [5, 5.41) is 13.2. The van der Waals surface area contributed by atoms with Crippen molar-refractivity contribution in [2.75, 3.05) is 29.1 Å². The first-order chi connectivity index (χ1) is 16.6. The van der Waals surface area contributed by atoms with Gasteiger partial charge in [0.1, 0.15) is 12.4 Å². The zero-order chi connectivity index (χ0) is 25.3. The van der Waals surface area contributed by atoms with Crippen molar-refractivity contribution < 1.29 is 22.5 Å². The number of hydrogen-bond acceptors (Lipinski definition) is 6. The van der Waals surface area contributed by atoms with Gasteiger partial charge in [-0.1, -0.05) is 35.3 Å². The molecule has 0 amide bonds. The van der Waals surface area contributed by atoms with E-state index in [9.17, 15) is 13.5 Å². The highest BCUT2D eigenvalue weighted by atomic mass is 35.5. The van der Waals surface area contributed by atoms with Crippen molar-refractivity contribution in [3.8, 4) is 0 Å². The minimum absolute atomic E-state index is 0.284. The Bertz CT molecular complexity index is 1480. The van der Waals surface area contributed by atoms with Gasteiger partial charge in [-0.2, -0.15) is 8.96 Å². The average Bonchev–Trinajstić information content (AvgIpc) is 3.27. The van der Waals surface area contributed by atoms with Gasteiger partial charge in [0.25, 0.3) is 5.52 Å². The molecule has 2 aromatic carbocycles. The van der Waals surface area contributed by atoms with E-state index in [1.54, 1.807) is 17.0 Å². The number of sulfonamides is 1. The van der Waals surface area contributed by atoms with Crippen molar-refractivity contribution in [1.29, 1.82) is 0 Å². The number of aromatic nitrogens is 1. The quantitative estimate of drug-likeness (QED) is 0.258. The van der Waals surface area contributed by atoms with Crippen LogP contribution in [0.4, 0.5) is 11.4 Å². The molecule has 2 heterocycles. The molecule has 184 valence electrons. The van der Waals surface area contributed by atoms with Gasteiger partial charge in [-0.05, 0) is 50.1 Å². The van der Waals surface area contributed by atoms with Gasteiger partial charge in [-0.25, -0.2) is 8.42 Å². The van der Waals surface area contributed by atoms with Crippen LogP contribution in [0.2, 0.25) is 10.0 Å². The fourth-order valence-corrected chi connectivity index (χ4v) is 4.84. The molecule has 4 rings (SSSR count). The third-order valence-corrected chi connectivity index (χ3v) is 6.72. The van der Waals surface area contributed by atoms with Crippen LogP contribution in [0, 0.1) is 0 Å². The van der Waals surface area contributed by atoms with E-state index in [0.29, 0.717) is 34.0 Å². The fraction of sp³-hybridized carbons (Fsp3) is 0.250. The highest BCUT2D eigenvalue weighted by molar-refractivity contribution is 7.89. The van der Waals surface area contributed by atoms with Gasteiger partial charge < -0.3 is 19.3 Å². The predicted molar refractivity (Wildman–Crippen MR) is 138 cm³/mol. The molecule has 0 N–H and O–H groups in total. The summed E-state index contributed by atoms with van der Waals surface area (Å²) in [6.07, 6.45) is 6.37. The molecule has 0 fully saturated rings. The lowest BCUT2D eigenvalue weighted by Crippen LogP contribution is -2.37. The maximum absolute atomic E-state index is 12.5. The molecule has 1 aliphatic heterocycles. The van der Waals surface area contributed by atoms with Gasteiger partial charge in [0.2, 0.25) is 15.6 Å². The van der Waals surface area contributed by atoms with Crippen LogP contribution in [-0.2, 0) is 16.6 Å². The molecular weight excluding hydrogens is 511 g/mol. The van der Waals surface area contributed by atoms with Gasteiger partial charge in [-0.15, -0.1) is 0 Å². The second-order valence-electron chi connectivity index (χ2n) is 7.84. The molecule has 0 unspecified atom stereocenters. The second kappa shape index (κ2) is 9.93. The van der Waals surface area contributed by atoms with Crippen LogP contribution in [0.15, 0.2) is 63.2 Å². The normalized spacial score (nSPS) is 15.7. The fourth-order valence-electron chi connectivity index (χ4n) is 4.10. The van der Waals surface area contributed by atoms with E-state index in [4.69, 9.17) is 27.6 Å². The Morgan fingerprint density at radius 3 is 2.43 bits per heavy atom. The summed E-state index contributed by atoms with van der Waals surface area (Å²) in [6.45, 7) is 5.01. The van der Waals surface area contributed by atoms with Crippen molar-refractivity contribution in [2.24, 2.45) is 4.40 Å². The molecule has 0 aliphatic carbocycles. The third-order valence-electron chi connectivity index (χ3n) is 5.47. The third kappa shape index (κ3) is 5.17. The lowest BCUT2D eigenvalue weighted by molar-refractivity contribution is -0.674. The summed E-state index contributed by atoms with van der Waals surface area (Å²) in [6, 6.07) is 11.2. The van der Waals surface area contributed by atoms with Crippen LogP contribution in [0.3, 0.4) is 0 Å². The summed E-state index contributed by atoms with van der Waals surface area (Å²) in [7, 11) is -3.83. The van der Waals surface area contributed by atoms with E-state index in [1.807, 2.05) is 61.2 Å². The Morgan fingerprint density at radius 2 is 1.80 bits per heavy atom. The summed E-state index contributed by atoms with van der Waals surface area (Å²) < 4.78 is 34.4. The number of anilines is 2. The molecule has 3 aromatic rings. The van der Waals surface area contributed by atoms with Crippen LogP contribution in [0.5, 0.6) is 0 Å². The molecule has 0 bridgehead atoms. The molecule has 11 heteroatoms. The van der Waals surface area contributed by atoms with Gasteiger partial charge >= 0.3 is 5.89 Å². The summed E-state index contributed by atoms with van der Waals surface area (Å²) in [5.74, 6) is 0.525. The highest BCUT2D eigenvalue weighted by Gasteiger charge is 2.31. The van der Waals surface area contributed by atoms with Gasteiger partial charge in [0.05, 0.1) is 40.3 Å². The molecule has 1 aromatic heterocycles. The number of halogens is 2. The maximum Gasteiger partial charge on any atom is 0.374 e. The van der Waals surface area contributed by atoms with Crippen LogP contribution in [-0.4, -0.2) is 33.7 Å². The van der Waals surface area contributed by atoms with Crippen molar-refractivity contribution in [3.63, 3.8) is 0 Å². The van der Waals surface area contributed by atoms with E-state index in [0.717, 1.165) is 29.6 Å². The lowest BCUT2D eigenvalue weighted by atomic mass is 10.2.